The number of hydrogen-bond acceptors (Lipinski definition) is 7. The fourth-order valence-electron chi connectivity index (χ4n) is 3.95. The van der Waals surface area contributed by atoms with E-state index in [0.717, 1.165) is 36.7 Å². The number of piperazine rings is 1. The normalized spacial score (nSPS) is 20.5. The van der Waals surface area contributed by atoms with Crippen LogP contribution in [-0.2, 0) is 21.4 Å². The van der Waals surface area contributed by atoms with Crippen molar-refractivity contribution in [3.63, 3.8) is 0 Å². The quantitative estimate of drug-likeness (QED) is 0.752. The lowest BCUT2D eigenvalue weighted by molar-refractivity contribution is -0.131. The van der Waals surface area contributed by atoms with Gasteiger partial charge in [0, 0.05) is 38.3 Å². The Hall–Kier alpha value is -3.11. The van der Waals surface area contributed by atoms with Crippen LogP contribution in [0.3, 0.4) is 0 Å². The molecule has 5 rings (SSSR count). The van der Waals surface area contributed by atoms with Gasteiger partial charge >= 0.3 is 0 Å². The Labute approximate surface area is 180 Å². The number of carbonyl (C=O) groups is 1. The van der Waals surface area contributed by atoms with Crippen molar-refractivity contribution in [2.24, 2.45) is 4.99 Å². The van der Waals surface area contributed by atoms with Gasteiger partial charge in [-0.15, -0.1) is 0 Å². The minimum atomic E-state index is -3.60. The molecule has 0 bridgehead atoms. The van der Waals surface area contributed by atoms with Crippen molar-refractivity contribution in [2.75, 3.05) is 39.5 Å². The van der Waals surface area contributed by atoms with E-state index < -0.39 is 10.0 Å². The third-order valence-corrected chi connectivity index (χ3v) is 7.00. The maximum Gasteiger partial charge on any atom is 0.263 e. The summed E-state index contributed by atoms with van der Waals surface area (Å²) in [6.45, 7) is 3.68. The van der Waals surface area contributed by atoms with Crippen molar-refractivity contribution < 1.29 is 22.7 Å². The van der Waals surface area contributed by atoms with Crippen LogP contribution in [0.1, 0.15) is 11.1 Å². The Kier molecular flexibility index (Phi) is 5.03. The number of sulfonamides is 1. The van der Waals surface area contributed by atoms with Gasteiger partial charge in [-0.25, -0.2) is 8.42 Å². The highest BCUT2D eigenvalue weighted by Crippen LogP contribution is 2.32. The van der Waals surface area contributed by atoms with Crippen molar-refractivity contribution in [3.8, 4) is 11.5 Å². The number of carbonyl (C=O) groups excluding carboxylic acids is 1. The van der Waals surface area contributed by atoms with Gasteiger partial charge in [0.05, 0.1) is 4.90 Å². The molecule has 162 valence electrons. The number of amidine groups is 1. The van der Waals surface area contributed by atoms with Crippen LogP contribution in [0, 0.1) is 0 Å². The van der Waals surface area contributed by atoms with E-state index in [9.17, 15) is 13.2 Å². The van der Waals surface area contributed by atoms with Crippen molar-refractivity contribution in [1.82, 2.24) is 14.5 Å². The van der Waals surface area contributed by atoms with E-state index in [0.29, 0.717) is 18.7 Å². The lowest BCUT2D eigenvalue weighted by Gasteiger charge is -2.34. The van der Waals surface area contributed by atoms with E-state index in [1.807, 2.05) is 18.2 Å². The number of hydrogen-bond donors (Lipinski definition) is 1. The molecule has 2 aromatic carbocycles. The highest BCUT2D eigenvalue weighted by molar-refractivity contribution is 7.90. The first-order valence-corrected chi connectivity index (χ1v) is 11.5. The lowest BCUT2D eigenvalue weighted by Crippen LogP contribution is -2.49. The van der Waals surface area contributed by atoms with Gasteiger partial charge in [-0.2, -0.15) is 0 Å². The molecule has 2 aromatic rings. The van der Waals surface area contributed by atoms with Crippen LogP contribution in [0.5, 0.6) is 11.5 Å². The van der Waals surface area contributed by atoms with Gasteiger partial charge in [-0.3, -0.25) is 19.4 Å². The molecule has 1 saturated heterocycles. The predicted octanol–water partition coefficient (Wildman–Crippen LogP) is 0.798. The number of benzene rings is 2. The third-order valence-electron chi connectivity index (χ3n) is 5.60. The maximum absolute atomic E-state index is 12.6. The SMILES string of the molecule is O=C(CN=C1NS(=O)(=O)c2ccccc21)N1CCN(Cc2ccc3c(c2)OCO3)CC1. The van der Waals surface area contributed by atoms with E-state index in [2.05, 4.69) is 14.6 Å². The summed E-state index contributed by atoms with van der Waals surface area (Å²) in [6.07, 6.45) is 0. The Morgan fingerprint density at radius 1 is 1.03 bits per heavy atom. The summed E-state index contributed by atoms with van der Waals surface area (Å²) in [7, 11) is -3.60. The molecule has 31 heavy (non-hydrogen) atoms. The van der Waals surface area contributed by atoms with Gasteiger partial charge in [-0.1, -0.05) is 18.2 Å². The molecule has 0 radical (unpaired) electrons. The molecule has 3 heterocycles. The summed E-state index contributed by atoms with van der Waals surface area (Å²) in [5.41, 5.74) is 1.64. The van der Waals surface area contributed by atoms with Gasteiger partial charge in [-0.05, 0) is 29.8 Å². The zero-order chi connectivity index (χ0) is 21.4. The molecular weight excluding hydrogens is 420 g/mol. The molecule has 1 fully saturated rings. The van der Waals surface area contributed by atoms with Crippen molar-refractivity contribution in [3.05, 3.63) is 53.6 Å². The molecule has 1 N–H and O–H groups in total. The summed E-state index contributed by atoms with van der Waals surface area (Å²) in [5.74, 6) is 1.66. The van der Waals surface area contributed by atoms with E-state index in [1.165, 1.54) is 6.07 Å². The highest BCUT2D eigenvalue weighted by atomic mass is 32.2. The average Bonchev–Trinajstić information content (AvgIpc) is 3.34. The van der Waals surface area contributed by atoms with Gasteiger partial charge in [0.2, 0.25) is 12.7 Å². The van der Waals surface area contributed by atoms with Crippen LogP contribution in [0.4, 0.5) is 0 Å². The number of nitrogens with one attached hydrogen (secondary N) is 1. The first-order valence-electron chi connectivity index (χ1n) is 10.0. The smallest absolute Gasteiger partial charge is 0.263 e. The molecule has 1 amide bonds. The number of aliphatic imine (C=N–C) groups is 1. The zero-order valence-electron chi connectivity index (χ0n) is 16.8. The summed E-state index contributed by atoms with van der Waals surface area (Å²) in [5, 5.41) is 0. The highest BCUT2D eigenvalue weighted by Gasteiger charge is 2.30. The van der Waals surface area contributed by atoms with Crippen LogP contribution < -0.4 is 14.2 Å². The summed E-state index contributed by atoms with van der Waals surface area (Å²) in [6, 6.07) is 12.6. The second-order valence-corrected chi connectivity index (χ2v) is 9.26. The topological polar surface area (TPSA) is 101 Å². The van der Waals surface area contributed by atoms with Crippen LogP contribution in [0.15, 0.2) is 52.4 Å². The number of ether oxygens (including phenoxy) is 2. The van der Waals surface area contributed by atoms with E-state index in [1.54, 1.807) is 23.1 Å². The van der Waals surface area contributed by atoms with E-state index >= 15 is 0 Å². The lowest BCUT2D eigenvalue weighted by atomic mass is 10.1. The molecule has 0 spiro atoms. The monoisotopic (exact) mass is 442 g/mol. The minimum Gasteiger partial charge on any atom is -0.454 e. The molecule has 0 aromatic heterocycles. The molecule has 0 aliphatic carbocycles. The third kappa shape index (κ3) is 3.96. The van der Waals surface area contributed by atoms with Crippen molar-refractivity contribution >= 4 is 21.8 Å². The van der Waals surface area contributed by atoms with Crippen LogP contribution in [-0.4, -0.2) is 69.5 Å². The molecule has 0 saturated carbocycles. The summed E-state index contributed by atoms with van der Waals surface area (Å²) in [4.78, 5) is 21.1. The fraction of sp³-hybridized carbons (Fsp3) is 0.333. The van der Waals surface area contributed by atoms with Crippen molar-refractivity contribution in [1.29, 1.82) is 0 Å². The maximum atomic E-state index is 12.6. The molecule has 9 nitrogen and oxygen atoms in total. The van der Waals surface area contributed by atoms with E-state index in [-0.39, 0.29) is 30.0 Å². The standard InChI is InChI=1S/C21H22N4O5S/c26-20(12-22-21-16-3-1-2-4-19(16)31(27,28)23-21)25-9-7-24(8-10-25)13-15-5-6-17-18(11-15)30-14-29-17/h1-6,11H,7-10,12-14H2,(H,22,23). The van der Waals surface area contributed by atoms with Crippen molar-refractivity contribution in [2.45, 2.75) is 11.4 Å². The number of rotatable bonds is 4. The molecule has 0 unspecified atom stereocenters. The zero-order valence-corrected chi connectivity index (χ0v) is 17.6. The van der Waals surface area contributed by atoms with Crippen LogP contribution in [0.25, 0.3) is 0 Å². The predicted molar refractivity (Wildman–Crippen MR) is 113 cm³/mol. The van der Waals surface area contributed by atoms with E-state index in [4.69, 9.17) is 9.47 Å². The number of nitrogens with zero attached hydrogens (tertiary/aromatic N) is 3. The second kappa shape index (κ2) is 7.86. The largest absolute Gasteiger partial charge is 0.454 e. The Bertz CT molecular complexity index is 1160. The Morgan fingerprint density at radius 3 is 2.65 bits per heavy atom. The van der Waals surface area contributed by atoms with Gasteiger partial charge in [0.25, 0.3) is 10.0 Å². The minimum absolute atomic E-state index is 0.0889. The molecular formula is C21H22N4O5S. The van der Waals surface area contributed by atoms with Crippen LogP contribution in [0.2, 0.25) is 0 Å². The number of fused-ring (bicyclic) bond motifs is 2. The molecule has 3 aliphatic heterocycles. The Balaban J connectivity index is 1.16. The molecule has 10 heteroatoms. The van der Waals surface area contributed by atoms with Crippen LogP contribution >= 0.6 is 0 Å². The number of amides is 1. The van der Waals surface area contributed by atoms with Gasteiger partial charge < -0.3 is 14.4 Å². The Morgan fingerprint density at radius 2 is 1.81 bits per heavy atom. The summed E-state index contributed by atoms with van der Waals surface area (Å²) >= 11 is 0. The molecule has 0 atom stereocenters. The average molecular weight is 442 g/mol. The molecule has 3 aliphatic rings. The van der Waals surface area contributed by atoms with Gasteiger partial charge in [0.15, 0.2) is 11.5 Å². The fourth-order valence-corrected chi connectivity index (χ4v) is 5.20. The second-order valence-electron chi connectivity index (χ2n) is 7.61. The summed E-state index contributed by atoms with van der Waals surface area (Å²) < 4.78 is 37.5. The first-order chi connectivity index (χ1) is 15.0. The first kappa shape index (κ1) is 19.8. The van der Waals surface area contributed by atoms with Gasteiger partial charge in [0.1, 0.15) is 12.4 Å².